The molecule has 146 valence electrons. The third-order valence-electron chi connectivity index (χ3n) is 3.51. The molecule has 0 aliphatic heterocycles. The molecule has 0 amide bonds. The second kappa shape index (κ2) is 12.0. The first-order valence-electron chi connectivity index (χ1n) is 7.77. The molecule has 0 saturated heterocycles. The van der Waals surface area contributed by atoms with Gasteiger partial charge in [-0.05, 0) is 13.3 Å². The first-order chi connectivity index (χ1) is 11.2. The van der Waals surface area contributed by atoms with E-state index in [1.54, 1.807) is 6.92 Å². The Labute approximate surface area is 140 Å². The molecule has 0 aromatic rings. The van der Waals surface area contributed by atoms with Crippen LogP contribution in [-0.4, -0.2) is 110 Å². The highest BCUT2D eigenvalue weighted by atomic mass is 16.7. The highest BCUT2D eigenvalue weighted by Crippen LogP contribution is 2.18. The third kappa shape index (κ3) is 7.23. The van der Waals surface area contributed by atoms with Crippen molar-refractivity contribution in [2.75, 3.05) is 19.8 Å². The molecule has 10 heteroatoms. The van der Waals surface area contributed by atoms with Gasteiger partial charge in [0.25, 0.3) is 0 Å². The van der Waals surface area contributed by atoms with E-state index in [1.807, 2.05) is 0 Å². The summed E-state index contributed by atoms with van der Waals surface area (Å²) in [5.41, 5.74) is 0. The predicted molar refractivity (Wildman–Crippen MR) is 80.8 cm³/mol. The van der Waals surface area contributed by atoms with Gasteiger partial charge in [0.1, 0.15) is 36.6 Å². The van der Waals surface area contributed by atoms with Crippen molar-refractivity contribution in [3.63, 3.8) is 0 Å². The highest BCUT2D eigenvalue weighted by molar-refractivity contribution is 4.83. The molecule has 0 rings (SSSR count). The molecule has 0 saturated carbocycles. The molecule has 0 radical (unpaired) electrons. The van der Waals surface area contributed by atoms with Gasteiger partial charge in [-0.2, -0.15) is 0 Å². The van der Waals surface area contributed by atoms with Crippen molar-refractivity contribution >= 4 is 0 Å². The van der Waals surface area contributed by atoms with Gasteiger partial charge >= 0.3 is 0 Å². The van der Waals surface area contributed by atoms with Gasteiger partial charge in [0.15, 0.2) is 6.29 Å². The molecule has 24 heavy (non-hydrogen) atoms. The lowest BCUT2D eigenvalue weighted by atomic mass is 10.0. The maximum absolute atomic E-state index is 10.0. The smallest absolute Gasteiger partial charge is 0.184 e. The van der Waals surface area contributed by atoms with Gasteiger partial charge in [-0.1, -0.05) is 6.92 Å². The van der Waals surface area contributed by atoms with Gasteiger partial charge in [-0.3, -0.25) is 0 Å². The molecule has 0 aromatic heterocycles. The topological polar surface area (TPSA) is 180 Å². The van der Waals surface area contributed by atoms with Gasteiger partial charge in [0.2, 0.25) is 0 Å². The number of aliphatic hydroxyl groups is 8. The van der Waals surface area contributed by atoms with Crippen molar-refractivity contribution in [3.8, 4) is 0 Å². The number of aliphatic hydroxyl groups excluding tert-OH is 8. The van der Waals surface area contributed by atoms with E-state index in [9.17, 15) is 30.6 Å². The maximum atomic E-state index is 10.0. The average Bonchev–Trinajstić information content (AvgIpc) is 2.58. The van der Waals surface area contributed by atoms with Crippen LogP contribution in [-0.2, 0) is 9.47 Å². The normalized spacial score (nSPS) is 22.2. The van der Waals surface area contributed by atoms with Crippen LogP contribution in [0.2, 0.25) is 0 Å². The Balaban J connectivity index is 5.19. The van der Waals surface area contributed by atoms with E-state index >= 15 is 0 Å². The Kier molecular flexibility index (Phi) is 11.8. The van der Waals surface area contributed by atoms with Crippen LogP contribution in [0.1, 0.15) is 20.3 Å². The van der Waals surface area contributed by atoms with E-state index in [1.165, 1.54) is 6.92 Å². The second-order valence-corrected chi connectivity index (χ2v) is 5.53. The van der Waals surface area contributed by atoms with Crippen LogP contribution in [0.3, 0.4) is 0 Å². The summed E-state index contributed by atoms with van der Waals surface area (Å²) in [5, 5.41) is 75.9. The van der Waals surface area contributed by atoms with Gasteiger partial charge in [-0.15, -0.1) is 0 Å². The number of hydrogen-bond acceptors (Lipinski definition) is 10. The van der Waals surface area contributed by atoms with E-state index in [0.717, 1.165) is 0 Å². The molecule has 0 bridgehead atoms. The molecule has 8 atom stereocenters. The Hall–Kier alpha value is -0.400. The summed E-state index contributed by atoms with van der Waals surface area (Å²) < 4.78 is 10.5. The molecular weight excluding hydrogens is 328 g/mol. The summed E-state index contributed by atoms with van der Waals surface area (Å²) in [6.45, 7) is 0.653. The Bertz CT molecular complexity index is 316. The lowest BCUT2D eigenvalue weighted by Gasteiger charge is -2.35. The SMILES string of the molecule is CCC(O)C(O)C(O[C@H](OC(CO)[C@@H](O)CO)[C@H](C)O)C(O)CO. The largest absolute Gasteiger partial charge is 0.394 e. The van der Waals surface area contributed by atoms with Gasteiger partial charge < -0.3 is 50.3 Å². The summed E-state index contributed by atoms with van der Waals surface area (Å²) >= 11 is 0. The van der Waals surface area contributed by atoms with Crippen molar-refractivity contribution in [2.45, 2.75) is 69.3 Å². The van der Waals surface area contributed by atoms with E-state index in [-0.39, 0.29) is 6.42 Å². The van der Waals surface area contributed by atoms with Crippen molar-refractivity contribution in [3.05, 3.63) is 0 Å². The van der Waals surface area contributed by atoms with Crippen molar-refractivity contribution in [2.24, 2.45) is 0 Å². The van der Waals surface area contributed by atoms with Crippen molar-refractivity contribution < 1.29 is 50.3 Å². The van der Waals surface area contributed by atoms with Crippen molar-refractivity contribution in [1.82, 2.24) is 0 Å². The molecule has 10 nitrogen and oxygen atoms in total. The zero-order valence-corrected chi connectivity index (χ0v) is 13.8. The molecule has 0 aromatic carbocycles. The zero-order chi connectivity index (χ0) is 18.9. The monoisotopic (exact) mass is 358 g/mol. The lowest BCUT2D eigenvalue weighted by Crippen LogP contribution is -2.52. The van der Waals surface area contributed by atoms with Crippen LogP contribution in [0, 0.1) is 0 Å². The molecule has 0 spiro atoms. The lowest BCUT2D eigenvalue weighted by molar-refractivity contribution is -0.280. The third-order valence-corrected chi connectivity index (χ3v) is 3.51. The van der Waals surface area contributed by atoms with Gasteiger partial charge in [-0.25, -0.2) is 0 Å². The zero-order valence-electron chi connectivity index (χ0n) is 13.8. The fourth-order valence-corrected chi connectivity index (χ4v) is 1.92. The average molecular weight is 358 g/mol. The first kappa shape index (κ1) is 23.6. The van der Waals surface area contributed by atoms with Crippen molar-refractivity contribution in [1.29, 1.82) is 0 Å². The summed E-state index contributed by atoms with van der Waals surface area (Å²) in [6.07, 6.45) is -11.4. The predicted octanol–water partition coefficient (Wildman–Crippen LogP) is -3.71. The molecule has 8 N–H and O–H groups in total. The molecular formula is C14H30O10. The fourth-order valence-electron chi connectivity index (χ4n) is 1.92. The van der Waals surface area contributed by atoms with Crippen LogP contribution in [0.15, 0.2) is 0 Å². The van der Waals surface area contributed by atoms with Crippen LogP contribution in [0.25, 0.3) is 0 Å². The van der Waals surface area contributed by atoms with Crippen LogP contribution in [0.4, 0.5) is 0 Å². The summed E-state index contributed by atoms with van der Waals surface area (Å²) in [6, 6.07) is 0. The molecule has 0 aliphatic rings. The molecule has 0 fully saturated rings. The molecule has 5 unspecified atom stereocenters. The number of ether oxygens (including phenoxy) is 2. The quantitative estimate of drug-likeness (QED) is 0.153. The van der Waals surface area contributed by atoms with Gasteiger partial charge in [0, 0.05) is 0 Å². The second-order valence-electron chi connectivity index (χ2n) is 5.53. The number of hydrogen-bond donors (Lipinski definition) is 8. The summed E-state index contributed by atoms with van der Waals surface area (Å²) in [7, 11) is 0. The minimum absolute atomic E-state index is 0.141. The van der Waals surface area contributed by atoms with E-state index in [2.05, 4.69) is 0 Å². The Morgan fingerprint density at radius 1 is 0.750 bits per heavy atom. The summed E-state index contributed by atoms with van der Waals surface area (Å²) in [4.78, 5) is 0. The van der Waals surface area contributed by atoms with E-state index in [4.69, 9.17) is 19.7 Å². The van der Waals surface area contributed by atoms with E-state index in [0.29, 0.717) is 0 Å². The first-order valence-corrected chi connectivity index (χ1v) is 7.77. The number of rotatable bonds is 13. The van der Waals surface area contributed by atoms with Crippen LogP contribution in [0.5, 0.6) is 0 Å². The molecule has 0 heterocycles. The highest BCUT2D eigenvalue weighted by Gasteiger charge is 2.37. The van der Waals surface area contributed by atoms with Crippen LogP contribution >= 0.6 is 0 Å². The minimum atomic E-state index is -1.59. The Morgan fingerprint density at radius 2 is 1.29 bits per heavy atom. The fraction of sp³-hybridized carbons (Fsp3) is 1.00. The van der Waals surface area contributed by atoms with Crippen LogP contribution < -0.4 is 0 Å². The maximum Gasteiger partial charge on any atom is 0.184 e. The van der Waals surface area contributed by atoms with E-state index < -0.39 is 68.8 Å². The van der Waals surface area contributed by atoms with Gasteiger partial charge in [0.05, 0.1) is 25.9 Å². The Morgan fingerprint density at radius 3 is 1.67 bits per heavy atom. The molecule has 0 aliphatic carbocycles. The summed E-state index contributed by atoms with van der Waals surface area (Å²) in [5.74, 6) is 0. The minimum Gasteiger partial charge on any atom is -0.394 e. The standard InChI is InChI=1S/C14H30O10/c1-3-8(19)12(22)13(10(21)5-16)24-14(7(2)18)23-11(6-17)9(20)4-15/h7-22H,3-6H2,1-2H3/t7-,8?,9-,10?,11?,12?,13?,14-/m0/s1.